The number of hydrogen-bond acceptors (Lipinski definition) is 4. The lowest BCUT2D eigenvalue weighted by Gasteiger charge is -2.33. The van der Waals surface area contributed by atoms with Crippen molar-refractivity contribution in [2.24, 2.45) is 0 Å². The summed E-state index contributed by atoms with van der Waals surface area (Å²) in [6, 6.07) is 9.73. The first-order valence-electron chi connectivity index (χ1n) is 8.19. The maximum Gasteiger partial charge on any atom is 0.224 e. The lowest BCUT2D eigenvalue weighted by Crippen LogP contribution is -2.48. The lowest BCUT2D eigenvalue weighted by molar-refractivity contribution is -0.121. The third-order valence-corrected chi connectivity index (χ3v) is 4.83. The van der Waals surface area contributed by atoms with Gasteiger partial charge in [-0.2, -0.15) is 5.10 Å². The predicted octanol–water partition coefficient (Wildman–Crippen LogP) is 2.77. The molecule has 1 aliphatic rings. The molecule has 1 aromatic carbocycles. The van der Waals surface area contributed by atoms with Gasteiger partial charge in [0.2, 0.25) is 5.91 Å². The van der Waals surface area contributed by atoms with Gasteiger partial charge in [0.05, 0.1) is 6.42 Å². The maximum absolute atomic E-state index is 12.4. The van der Waals surface area contributed by atoms with Crippen LogP contribution in [0.2, 0.25) is 5.02 Å². The maximum atomic E-state index is 12.4. The van der Waals surface area contributed by atoms with E-state index in [1.807, 2.05) is 37.3 Å². The Hall–Kier alpha value is -2.14. The van der Waals surface area contributed by atoms with E-state index >= 15 is 0 Å². The van der Waals surface area contributed by atoms with Crippen LogP contribution in [0, 0.1) is 6.92 Å². The molecular formula is C18H21ClN4O. The Morgan fingerprint density at radius 3 is 3.04 bits per heavy atom. The molecule has 5 nitrogen and oxygen atoms in total. The van der Waals surface area contributed by atoms with Gasteiger partial charge in [-0.05, 0) is 43.0 Å². The van der Waals surface area contributed by atoms with Crippen molar-refractivity contribution < 1.29 is 4.79 Å². The van der Waals surface area contributed by atoms with Gasteiger partial charge < -0.3 is 10.2 Å². The topological polar surface area (TPSA) is 58.1 Å². The highest BCUT2D eigenvalue weighted by molar-refractivity contribution is 6.32. The van der Waals surface area contributed by atoms with E-state index in [4.69, 9.17) is 11.6 Å². The van der Waals surface area contributed by atoms with Crippen LogP contribution < -0.4 is 10.2 Å². The van der Waals surface area contributed by atoms with Gasteiger partial charge in [-0.3, -0.25) is 4.79 Å². The zero-order valence-corrected chi connectivity index (χ0v) is 14.5. The summed E-state index contributed by atoms with van der Waals surface area (Å²) >= 11 is 6.28. The number of amides is 1. The summed E-state index contributed by atoms with van der Waals surface area (Å²) in [6.45, 7) is 3.64. The van der Waals surface area contributed by atoms with Crippen LogP contribution in [0.3, 0.4) is 0 Å². The molecule has 2 aromatic rings. The van der Waals surface area contributed by atoms with Gasteiger partial charge in [-0.15, -0.1) is 5.10 Å². The number of hydrogen-bond donors (Lipinski definition) is 1. The number of nitrogens with zero attached hydrogens (tertiary/aromatic N) is 3. The molecule has 0 unspecified atom stereocenters. The van der Waals surface area contributed by atoms with E-state index < -0.39 is 0 Å². The van der Waals surface area contributed by atoms with Gasteiger partial charge in [0, 0.05) is 30.4 Å². The van der Waals surface area contributed by atoms with Gasteiger partial charge in [-0.1, -0.05) is 29.8 Å². The first-order valence-corrected chi connectivity index (χ1v) is 8.57. The van der Waals surface area contributed by atoms with Gasteiger partial charge in [0.1, 0.15) is 0 Å². The zero-order chi connectivity index (χ0) is 16.9. The van der Waals surface area contributed by atoms with Gasteiger partial charge in [0.25, 0.3) is 0 Å². The Morgan fingerprint density at radius 1 is 1.38 bits per heavy atom. The molecule has 0 radical (unpaired) electrons. The number of halogens is 1. The highest BCUT2D eigenvalue weighted by Crippen LogP contribution is 2.21. The van der Waals surface area contributed by atoms with E-state index in [2.05, 4.69) is 20.4 Å². The fraction of sp³-hybridized carbons (Fsp3) is 0.389. The monoisotopic (exact) mass is 344 g/mol. The highest BCUT2D eigenvalue weighted by Gasteiger charge is 2.22. The van der Waals surface area contributed by atoms with Crippen LogP contribution in [0.15, 0.2) is 36.5 Å². The molecule has 24 heavy (non-hydrogen) atoms. The number of aromatic nitrogens is 2. The van der Waals surface area contributed by atoms with Crippen molar-refractivity contribution in [2.75, 3.05) is 18.0 Å². The Balaban J connectivity index is 1.59. The number of piperidine rings is 1. The number of anilines is 1. The van der Waals surface area contributed by atoms with Crippen LogP contribution >= 0.6 is 11.6 Å². The first-order chi connectivity index (χ1) is 11.6. The van der Waals surface area contributed by atoms with Gasteiger partial charge in [-0.25, -0.2) is 0 Å². The molecule has 0 saturated carbocycles. The summed E-state index contributed by atoms with van der Waals surface area (Å²) in [5, 5.41) is 11.9. The number of carbonyl (C=O) groups is 1. The summed E-state index contributed by atoms with van der Waals surface area (Å²) < 4.78 is 0. The summed E-state index contributed by atoms with van der Waals surface area (Å²) in [5.74, 6) is 0.867. The highest BCUT2D eigenvalue weighted by atomic mass is 35.5. The molecule has 6 heteroatoms. The van der Waals surface area contributed by atoms with E-state index in [-0.39, 0.29) is 11.9 Å². The summed E-state index contributed by atoms with van der Waals surface area (Å²) in [7, 11) is 0. The molecule has 1 amide bonds. The zero-order valence-electron chi connectivity index (χ0n) is 13.7. The van der Waals surface area contributed by atoms with E-state index in [1.165, 1.54) is 0 Å². The second-order valence-corrected chi connectivity index (χ2v) is 6.54. The quantitative estimate of drug-likeness (QED) is 0.926. The van der Waals surface area contributed by atoms with Crippen molar-refractivity contribution in [3.63, 3.8) is 0 Å². The molecule has 1 N–H and O–H groups in total. The van der Waals surface area contributed by atoms with Crippen LogP contribution in [0.1, 0.15) is 24.0 Å². The SMILES string of the molecule is Cc1cccc(CC(=O)N[C@H]2CCCN(c3cccnn3)C2)c1Cl. The molecule has 0 aliphatic carbocycles. The fourth-order valence-corrected chi connectivity index (χ4v) is 3.25. The van der Waals surface area contributed by atoms with Crippen LogP contribution in [-0.4, -0.2) is 35.2 Å². The van der Waals surface area contributed by atoms with Crippen LogP contribution in [-0.2, 0) is 11.2 Å². The number of benzene rings is 1. The Morgan fingerprint density at radius 2 is 2.25 bits per heavy atom. The normalized spacial score (nSPS) is 17.6. The van der Waals surface area contributed by atoms with Crippen molar-refractivity contribution in [1.82, 2.24) is 15.5 Å². The molecule has 1 aliphatic heterocycles. The Labute approximate surface area is 147 Å². The molecule has 1 aromatic heterocycles. The summed E-state index contributed by atoms with van der Waals surface area (Å²) in [5.41, 5.74) is 1.87. The largest absolute Gasteiger partial charge is 0.353 e. The molecule has 1 saturated heterocycles. The van der Waals surface area contributed by atoms with Crippen molar-refractivity contribution >= 4 is 23.3 Å². The molecule has 2 heterocycles. The number of nitrogens with one attached hydrogen (secondary N) is 1. The van der Waals surface area contributed by atoms with Crippen LogP contribution in [0.4, 0.5) is 5.82 Å². The van der Waals surface area contributed by atoms with Gasteiger partial charge in [0.15, 0.2) is 5.82 Å². The first kappa shape index (κ1) is 16.7. The number of rotatable bonds is 4. The molecule has 0 spiro atoms. The second kappa shape index (κ2) is 7.62. The number of carbonyl (C=O) groups excluding carboxylic acids is 1. The number of aryl methyl sites for hydroxylation is 1. The minimum atomic E-state index is 0.00787. The Bertz CT molecular complexity index is 707. The molecule has 3 rings (SSSR count). The molecular weight excluding hydrogens is 324 g/mol. The van der Waals surface area contributed by atoms with Crippen LogP contribution in [0.25, 0.3) is 0 Å². The average Bonchev–Trinajstić information content (AvgIpc) is 2.60. The lowest BCUT2D eigenvalue weighted by atomic mass is 10.0. The van der Waals surface area contributed by atoms with E-state index in [9.17, 15) is 4.79 Å². The second-order valence-electron chi connectivity index (χ2n) is 6.16. The van der Waals surface area contributed by atoms with Crippen molar-refractivity contribution in [3.05, 3.63) is 52.7 Å². The molecule has 1 atom stereocenters. The summed E-state index contributed by atoms with van der Waals surface area (Å²) in [4.78, 5) is 14.5. The standard InChI is InChI=1S/C18H21ClN4O/c1-13-5-2-6-14(18(13)19)11-17(24)21-15-7-4-10-23(12-15)16-8-3-9-20-22-16/h2-3,5-6,8-9,15H,4,7,10-12H2,1H3,(H,21,24)/t15-/m0/s1. The molecule has 126 valence electrons. The van der Waals surface area contributed by atoms with E-state index in [0.29, 0.717) is 11.4 Å². The van der Waals surface area contributed by atoms with Crippen molar-refractivity contribution in [3.8, 4) is 0 Å². The third-order valence-electron chi connectivity index (χ3n) is 4.29. The van der Waals surface area contributed by atoms with E-state index in [0.717, 1.165) is 42.9 Å². The smallest absolute Gasteiger partial charge is 0.224 e. The van der Waals surface area contributed by atoms with Gasteiger partial charge >= 0.3 is 0 Å². The van der Waals surface area contributed by atoms with Crippen molar-refractivity contribution in [2.45, 2.75) is 32.2 Å². The molecule has 0 bridgehead atoms. The molecule has 1 fully saturated rings. The average molecular weight is 345 g/mol. The fourth-order valence-electron chi connectivity index (χ4n) is 3.06. The van der Waals surface area contributed by atoms with Crippen LogP contribution in [0.5, 0.6) is 0 Å². The Kier molecular flexibility index (Phi) is 5.30. The van der Waals surface area contributed by atoms with E-state index in [1.54, 1.807) is 6.20 Å². The predicted molar refractivity (Wildman–Crippen MR) is 95.3 cm³/mol. The minimum Gasteiger partial charge on any atom is -0.353 e. The van der Waals surface area contributed by atoms with Crippen molar-refractivity contribution in [1.29, 1.82) is 0 Å². The minimum absolute atomic E-state index is 0.00787. The third kappa shape index (κ3) is 4.03. The summed E-state index contributed by atoms with van der Waals surface area (Å²) in [6.07, 6.45) is 3.97.